The van der Waals surface area contributed by atoms with Crippen LogP contribution in [0.3, 0.4) is 0 Å². The Kier molecular flexibility index (Phi) is 4.02. The summed E-state index contributed by atoms with van der Waals surface area (Å²) in [6.45, 7) is 4.21. The number of anilines is 1. The van der Waals surface area contributed by atoms with Gasteiger partial charge < -0.3 is 4.90 Å². The Morgan fingerprint density at radius 1 is 1.25 bits per heavy atom. The van der Waals surface area contributed by atoms with Gasteiger partial charge in [0.15, 0.2) is 0 Å². The van der Waals surface area contributed by atoms with E-state index >= 15 is 0 Å². The molecule has 0 saturated carbocycles. The van der Waals surface area contributed by atoms with Gasteiger partial charge in [0.1, 0.15) is 6.33 Å². The minimum Gasteiger partial charge on any atom is -0.308 e. The first-order chi connectivity index (χ1) is 11.7. The van der Waals surface area contributed by atoms with Crippen molar-refractivity contribution >= 4 is 11.6 Å². The van der Waals surface area contributed by atoms with E-state index in [0.29, 0.717) is 6.54 Å². The van der Waals surface area contributed by atoms with Gasteiger partial charge in [0.2, 0.25) is 5.91 Å². The van der Waals surface area contributed by atoms with Crippen molar-refractivity contribution in [2.45, 2.75) is 38.8 Å². The van der Waals surface area contributed by atoms with E-state index in [2.05, 4.69) is 40.0 Å². The van der Waals surface area contributed by atoms with Gasteiger partial charge >= 0.3 is 0 Å². The third kappa shape index (κ3) is 2.80. The number of aromatic nitrogens is 2. The van der Waals surface area contributed by atoms with Crippen LogP contribution in [0.4, 0.5) is 5.69 Å². The minimum absolute atomic E-state index is 0.187. The first-order valence-corrected chi connectivity index (χ1v) is 8.62. The lowest BCUT2D eigenvalue weighted by Crippen LogP contribution is -2.48. The summed E-state index contributed by atoms with van der Waals surface area (Å²) in [6.07, 6.45) is 6.47. The number of benzene rings is 1. The topological polar surface area (TPSA) is 49.3 Å². The van der Waals surface area contributed by atoms with Gasteiger partial charge in [0, 0.05) is 31.0 Å². The van der Waals surface area contributed by atoms with Crippen LogP contribution in [0, 0.1) is 0 Å². The van der Waals surface area contributed by atoms with E-state index in [-0.39, 0.29) is 11.9 Å². The van der Waals surface area contributed by atoms with Crippen molar-refractivity contribution < 1.29 is 4.79 Å². The molecule has 1 aromatic carbocycles. The summed E-state index contributed by atoms with van der Waals surface area (Å²) >= 11 is 0. The highest BCUT2D eigenvalue weighted by molar-refractivity contribution is 5.96. The van der Waals surface area contributed by atoms with Gasteiger partial charge in [-0.25, -0.2) is 9.97 Å². The summed E-state index contributed by atoms with van der Waals surface area (Å²) in [4.78, 5) is 25.6. The summed E-state index contributed by atoms with van der Waals surface area (Å²) in [7, 11) is 0. The Balaban J connectivity index is 1.51. The van der Waals surface area contributed by atoms with E-state index in [1.807, 2.05) is 17.2 Å². The molecule has 124 valence electrons. The van der Waals surface area contributed by atoms with Crippen LogP contribution in [0.25, 0.3) is 0 Å². The SMILES string of the molecule is CC1CCc2ccccc2N1C(=O)CN1CCc2cncnc2C1. The molecule has 0 fully saturated rings. The first kappa shape index (κ1) is 15.3. The van der Waals surface area contributed by atoms with E-state index in [9.17, 15) is 4.79 Å². The second-order valence-corrected chi connectivity index (χ2v) is 6.74. The highest BCUT2D eigenvalue weighted by atomic mass is 16.2. The van der Waals surface area contributed by atoms with Gasteiger partial charge in [-0.3, -0.25) is 9.69 Å². The van der Waals surface area contributed by atoms with Gasteiger partial charge in [0.05, 0.1) is 12.2 Å². The normalized spacial score (nSPS) is 20.4. The Morgan fingerprint density at radius 2 is 2.12 bits per heavy atom. The van der Waals surface area contributed by atoms with E-state index in [1.165, 1.54) is 11.1 Å². The minimum atomic E-state index is 0.187. The van der Waals surface area contributed by atoms with Crippen LogP contribution in [-0.4, -0.2) is 39.9 Å². The number of para-hydroxylation sites is 1. The molecule has 1 amide bonds. The lowest BCUT2D eigenvalue weighted by Gasteiger charge is -2.37. The molecule has 1 atom stereocenters. The molecule has 0 aliphatic carbocycles. The molecular formula is C19H22N4O. The molecule has 0 N–H and O–H groups in total. The average molecular weight is 322 g/mol. The molecule has 2 aliphatic rings. The second kappa shape index (κ2) is 6.32. The van der Waals surface area contributed by atoms with E-state index in [0.717, 1.165) is 43.7 Å². The van der Waals surface area contributed by atoms with E-state index in [1.54, 1.807) is 6.33 Å². The van der Waals surface area contributed by atoms with E-state index in [4.69, 9.17) is 0 Å². The average Bonchev–Trinajstić information content (AvgIpc) is 2.61. The van der Waals surface area contributed by atoms with Crippen LogP contribution in [0.2, 0.25) is 0 Å². The Bertz CT molecular complexity index is 761. The third-order valence-corrected chi connectivity index (χ3v) is 5.10. The Labute approximate surface area is 142 Å². The van der Waals surface area contributed by atoms with Crippen LogP contribution >= 0.6 is 0 Å². The Morgan fingerprint density at radius 3 is 3.04 bits per heavy atom. The summed E-state index contributed by atoms with van der Waals surface area (Å²) in [5, 5.41) is 0. The van der Waals surface area contributed by atoms with Crippen LogP contribution in [-0.2, 0) is 24.2 Å². The number of aryl methyl sites for hydroxylation is 1. The maximum atomic E-state index is 13.0. The highest BCUT2D eigenvalue weighted by Crippen LogP contribution is 2.30. The van der Waals surface area contributed by atoms with Gasteiger partial charge in [-0.1, -0.05) is 18.2 Å². The fraction of sp³-hybridized carbons (Fsp3) is 0.421. The van der Waals surface area contributed by atoms with E-state index < -0.39 is 0 Å². The van der Waals surface area contributed by atoms with Crippen molar-refractivity contribution in [2.24, 2.45) is 0 Å². The standard InChI is InChI=1S/C19H22N4O/c1-14-6-7-15-4-2-3-5-18(15)23(14)19(24)12-22-9-8-16-10-20-13-21-17(16)11-22/h2-5,10,13-14H,6-9,11-12H2,1H3. The van der Waals surface area contributed by atoms with Crippen molar-refractivity contribution in [3.8, 4) is 0 Å². The summed E-state index contributed by atoms with van der Waals surface area (Å²) in [5.41, 5.74) is 4.62. The molecule has 1 unspecified atom stereocenters. The van der Waals surface area contributed by atoms with Gasteiger partial charge in [-0.2, -0.15) is 0 Å². The molecule has 1 aromatic heterocycles. The number of fused-ring (bicyclic) bond motifs is 2. The van der Waals surface area contributed by atoms with Gasteiger partial charge in [-0.15, -0.1) is 0 Å². The molecule has 5 nitrogen and oxygen atoms in total. The molecule has 0 spiro atoms. The highest BCUT2D eigenvalue weighted by Gasteiger charge is 2.29. The molecule has 0 bridgehead atoms. The summed E-state index contributed by atoms with van der Waals surface area (Å²) in [6, 6.07) is 8.54. The number of amides is 1. The largest absolute Gasteiger partial charge is 0.308 e. The van der Waals surface area contributed by atoms with Gasteiger partial charge in [-0.05, 0) is 43.4 Å². The summed E-state index contributed by atoms with van der Waals surface area (Å²) < 4.78 is 0. The van der Waals surface area contributed by atoms with Crippen LogP contribution in [0.15, 0.2) is 36.8 Å². The van der Waals surface area contributed by atoms with Crippen LogP contribution in [0.1, 0.15) is 30.2 Å². The number of carbonyl (C=O) groups excluding carboxylic acids is 1. The van der Waals surface area contributed by atoms with Crippen molar-refractivity contribution in [3.63, 3.8) is 0 Å². The monoisotopic (exact) mass is 322 g/mol. The zero-order valence-corrected chi connectivity index (χ0v) is 14.0. The number of carbonyl (C=O) groups is 1. The molecule has 4 rings (SSSR count). The predicted molar refractivity (Wildman–Crippen MR) is 92.7 cm³/mol. The zero-order chi connectivity index (χ0) is 16.5. The molecule has 5 heteroatoms. The summed E-state index contributed by atoms with van der Waals surface area (Å²) in [5.74, 6) is 0.187. The molecule has 2 aromatic rings. The molecule has 0 saturated heterocycles. The smallest absolute Gasteiger partial charge is 0.241 e. The van der Waals surface area contributed by atoms with Crippen molar-refractivity contribution in [2.75, 3.05) is 18.0 Å². The van der Waals surface area contributed by atoms with Gasteiger partial charge in [0.25, 0.3) is 0 Å². The first-order valence-electron chi connectivity index (χ1n) is 8.62. The molecule has 2 aliphatic heterocycles. The molecule has 24 heavy (non-hydrogen) atoms. The quantitative estimate of drug-likeness (QED) is 0.850. The third-order valence-electron chi connectivity index (χ3n) is 5.10. The maximum absolute atomic E-state index is 13.0. The number of nitrogens with zero attached hydrogens (tertiary/aromatic N) is 4. The van der Waals surface area contributed by atoms with Crippen LogP contribution in [0.5, 0.6) is 0 Å². The second-order valence-electron chi connectivity index (χ2n) is 6.74. The zero-order valence-electron chi connectivity index (χ0n) is 14.0. The number of hydrogen-bond acceptors (Lipinski definition) is 4. The molecule has 0 radical (unpaired) electrons. The lowest BCUT2D eigenvalue weighted by molar-refractivity contribution is -0.120. The molecular weight excluding hydrogens is 300 g/mol. The van der Waals surface area contributed by atoms with Crippen molar-refractivity contribution in [3.05, 3.63) is 53.6 Å². The fourth-order valence-corrected chi connectivity index (χ4v) is 3.78. The van der Waals surface area contributed by atoms with Crippen LogP contribution < -0.4 is 4.90 Å². The lowest BCUT2D eigenvalue weighted by atomic mass is 9.96. The Hall–Kier alpha value is -2.27. The maximum Gasteiger partial charge on any atom is 0.241 e. The van der Waals surface area contributed by atoms with Crippen molar-refractivity contribution in [1.82, 2.24) is 14.9 Å². The predicted octanol–water partition coefficient (Wildman–Crippen LogP) is 2.20. The fourth-order valence-electron chi connectivity index (χ4n) is 3.78. The number of rotatable bonds is 2. The van der Waals surface area contributed by atoms with Crippen molar-refractivity contribution in [1.29, 1.82) is 0 Å². The molecule has 3 heterocycles. The number of hydrogen-bond donors (Lipinski definition) is 0.